The second-order valence-electron chi connectivity index (χ2n) is 8.63. The Morgan fingerprint density at radius 3 is 2.46 bits per heavy atom. The molecule has 0 radical (unpaired) electrons. The highest BCUT2D eigenvalue weighted by molar-refractivity contribution is 5.91. The number of hydrogen-bond acceptors (Lipinski definition) is 7. The maximum atomic E-state index is 14.8. The first-order chi connectivity index (χ1) is 17.5. The van der Waals surface area contributed by atoms with E-state index in [0.717, 1.165) is 18.2 Å². The van der Waals surface area contributed by atoms with Gasteiger partial charge in [-0.1, -0.05) is 5.16 Å². The molecule has 1 saturated carbocycles. The molecule has 9 nitrogen and oxygen atoms in total. The minimum absolute atomic E-state index is 0.113. The number of carbonyl (C=O) groups is 1. The van der Waals surface area contributed by atoms with Crippen molar-refractivity contribution in [3.8, 4) is 11.1 Å². The number of alkyl halides is 3. The summed E-state index contributed by atoms with van der Waals surface area (Å²) in [5.41, 5.74) is -1.61. The first-order valence-corrected chi connectivity index (χ1v) is 10.9. The molecule has 0 aliphatic heterocycles. The van der Waals surface area contributed by atoms with Crippen molar-refractivity contribution in [2.24, 2.45) is 7.05 Å². The van der Waals surface area contributed by atoms with E-state index in [4.69, 9.17) is 4.52 Å². The van der Waals surface area contributed by atoms with Crippen molar-refractivity contribution in [1.29, 1.82) is 0 Å². The van der Waals surface area contributed by atoms with Crippen LogP contribution in [0.5, 0.6) is 0 Å². The van der Waals surface area contributed by atoms with Gasteiger partial charge in [0, 0.05) is 48.4 Å². The number of carbonyl (C=O) groups excluding carboxylic acids is 1. The average molecular weight is 519 g/mol. The summed E-state index contributed by atoms with van der Waals surface area (Å²) < 4.78 is 75.5. The van der Waals surface area contributed by atoms with Crippen LogP contribution in [0.1, 0.15) is 24.2 Å². The van der Waals surface area contributed by atoms with Gasteiger partial charge in [-0.2, -0.15) is 18.3 Å². The van der Waals surface area contributed by atoms with Crippen LogP contribution in [-0.4, -0.2) is 37.0 Å². The molecular weight excluding hydrogens is 501 g/mol. The number of benzene rings is 1. The van der Waals surface area contributed by atoms with E-state index in [1.54, 1.807) is 24.1 Å². The number of aryl methyl sites for hydroxylation is 1. The molecule has 0 atom stereocenters. The summed E-state index contributed by atoms with van der Waals surface area (Å²) in [5.74, 6) is -2.91. The Morgan fingerprint density at radius 1 is 1.11 bits per heavy atom. The van der Waals surface area contributed by atoms with E-state index in [-0.39, 0.29) is 41.3 Å². The molecule has 0 bridgehead atoms. The Morgan fingerprint density at radius 2 is 1.84 bits per heavy atom. The molecule has 1 aromatic carbocycles. The summed E-state index contributed by atoms with van der Waals surface area (Å²) in [6.07, 6.45) is 0.536. The van der Waals surface area contributed by atoms with Crippen LogP contribution < -0.4 is 10.6 Å². The summed E-state index contributed by atoms with van der Waals surface area (Å²) in [5, 5.41) is 12.6. The van der Waals surface area contributed by atoms with E-state index >= 15 is 0 Å². The van der Waals surface area contributed by atoms with E-state index in [9.17, 15) is 26.7 Å². The molecule has 1 aliphatic carbocycles. The Labute approximate surface area is 205 Å². The normalized spacial score (nSPS) is 14.4. The number of hydrogen-bond donors (Lipinski definition) is 2. The number of rotatable bonds is 7. The number of nitrogens with one attached hydrogen (secondary N) is 2. The summed E-state index contributed by atoms with van der Waals surface area (Å²) in [7, 11) is 1.74. The molecule has 0 spiro atoms. The monoisotopic (exact) mass is 519 g/mol. The summed E-state index contributed by atoms with van der Waals surface area (Å²) in [4.78, 5) is 20.5. The van der Waals surface area contributed by atoms with Gasteiger partial charge in [-0.3, -0.25) is 9.48 Å². The molecule has 2 N–H and O–H groups in total. The van der Waals surface area contributed by atoms with E-state index in [2.05, 4.69) is 30.9 Å². The number of aromatic nitrogens is 5. The molecule has 3 aromatic heterocycles. The third-order valence-electron chi connectivity index (χ3n) is 5.95. The van der Waals surface area contributed by atoms with Crippen LogP contribution in [0, 0.1) is 11.6 Å². The molecular formula is C23H18F5N7O2. The third-order valence-corrected chi connectivity index (χ3v) is 5.95. The Balaban J connectivity index is 1.25. The van der Waals surface area contributed by atoms with Gasteiger partial charge in [0.25, 0.3) is 0 Å². The largest absolute Gasteiger partial charge is 0.401 e. The van der Waals surface area contributed by atoms with Crippen molar-refractivity contribution >= 4 is 23.4 Å². The lowest BCUT2D eigenvalue weighted by molar-refractivity contribution is -0.165. The lowest BCUT2D eigenvalue weighted by Gasteiger charge is -2.14. The molecule has 192 valence electrons. The molecule has 14 heteroatoms. The van der Waals surface area contributed by atoms with Crippen molar-refractivity contribution in [1.82, 2.24) is 24.9 Å². The zero-order valence-electron chi connectivity index (χ0n) is 19.1. The molecule has 1 fully saturated rings. The maximum Gasteiger partial charge on any atom is 0.401 e. The predicted octanol–water partition coefficient (Wildman–Crippen LogP) is 4.66. The molecule has 1 amide bonds. The molecule has 0 saturated heterocycles. The van der Waals surface area contributed by atoms with Crippen molar-refractivity contribution in [2.75, 3.05) is 10.6 Å². The SMILES string of the molecule is Cn1cc(Nc2ncc(-c3cc(F)c(CC(=O)Nc4cc(C5(C(F)(F)F)CC5)on4)cc3F)cn2)cn1. The van der Waals surface area contributed by atoms with Gasteiger partial charge in [0.2, 0.25) is 11.9 Å². The fourth-order valence-electron chi connectivity index (χ4n) is 3.81. The van der Waals surface area contributed by atoms with Crippen LogP contribution in [0.15, 0.2) is 47.5 Å². The highest BCUT2D eigenvalue weighted by Crippen LogP contribution is 2.59. The van der Waals surface area contributed by atoms with Crippen LogP contribution in [-0.2, 0) is 23.7 Å². The Hall–Kier alpha value is -4.36. The number of anilines is 3. The Kier molecular flexibility index (Phi) is 5.88. The summed E-state index contributed by atoms with van der Waals surface area (Å²) in [6, 6.07) is 2.77. The van der Waals surface area contributed by atoms with Gasteiger partial charge in [0.1, 0.15) is 17.0 Å². The zero-order valence-corrected chi connectivity index (χ0v) is 19.1. The number of amides is 1. The summed E-state index contributed by atoms with van der Waals surface area (Å²) >= 11 is 0. The number of halogens is 5. The van der Waals surface area contributed by atoms with Gasteiger partial charge < -0.3 is 15.2 Å². The molecule has 5 rings (SSSR count). The van der Waals surface area contributed by atoms with Crippen molar-refractivity contribution < 1.29 is 31.3 Å². The van der Waals surface area contributed by atoms with Crippen molar-refractivity contribution in [3.05, 3.63) is 65.9 Å². The van der Waals surface area contributed by atoms with Gasteiger partial charge in [0.05, 0.1) is 18.3 Å². The Bertz CT molecular complexity index is 1460. The third kappa shape index (κ3) is 4.86. The predicted molar refractivity (Wildman–Crippen MR) is 120 cm³/mol. The van der Waals surface area contributed by atoms with Crippen molar-refractivity contribution in [2.45, 2.75) is 30.9 Å². The first-order valence-electron chi connectivity index (χ1n) is 10.9. The van der Waals surface area contributed by atoms with Gasteiger partial charge in [-0.05, 0) is 25.0 Å². The smallest absolute Gasteiger partial charge is 0.358 e. The minimum Gasteiger partial charge on any atom is -0.358 e. The maximum absolute atomic E-state index is 14.8. The molecule has 4 aromatic rings. The van der Waals surface area contributed by atoms with Gasteiger partial charge in [-0.15, -0.1) is 0 Å². The molecule has 1 aliphatic rings. The fraction of sp³-hybridized carbons (Fsp3) is 0.261. The van der Waals surface area contributed by atoms with E-state index in [1.165, 1.54) is 12.4 Å². The molecule has 3 heterocycles. The minimum atomic E-state index is -4.50. The van der Waals surface area contributed by atoms with E-state index < -0.39 is 41.3 Å². The topological polar surface area (TPSA) is 111 Å². The standard InChI is InChI=1S/C23H18F5N7O2/c1-35-11-14(10-31-35)32-21-29-8-13(9-30-21)15-6-16(24)12(4-17(15)25)5-20(36)33-19-7-18(37-34-19)22(2-3-22)23(26,27)28/h4,6-11H,2-3,5H2,1H3,(H,29,30,32)(H,33,34,36). The van der Waals surface area contributed by atoms with Gasteiger partial charge in [0.15, 0.2) is 11.6 Å². The van der Waals surface area contributed by atoms with Gasteiger partial charge >= 0.3 is 6.18 Å². The second-order valence-corrected chi connectivity index (χ2v) is 8.63. The van der Waals surface area contributed by atoms with Crippen molar-refractivity contribution in [3.63, 3.8) is 0 Å². The highest BCUT2D eigenvalue weighted by atomic mass is 19.4. The van der Waals surface area contributed by atoms with Crippen LogP contribution >= 0.6 is 0 Å². The van der Waals surface area contributed by atoms with Crippen LogP contribution in [0.2, 0.25) is 0 Å². The first kappa shape index (κ1) is 24.3. The van der Waals surface area contributed by atoms with Gasteiger partial charge in [-0.25, -0.2) is 18.7 Å². The van der Waals surface area contributed by atoms with Crippen LogP contribution in [0.3, 0.4) is 0 Å². The number of nitrogens with zero attached hydrogens (tertiary/aromatic N) is 5. The molecule has 37 heavy (non-hydrogen) atoms. The summed E-state index contributed by atoms with van der Waals surface area (Å²) in [6.45, 7) is 0. The van der Waals surface area contributed by atoms with Crippen LogP contribution in [0.25, 0.3) is 11.1 Å². The van der Waals surface area contributed by atoms with E-state index in [1.807, 2.05) is 0 Å². The lowest BCUT2D eigenvalue weighted by Crippen LogP contribution is -2.28. The van der Waals surface area contributed by atoms with Crippen LogP contribution in [0.4, 0.5) is 39.4 Å². The lowest BCUT2D eigenvalue weighted by atomic mass is 10.0. The quantitative estimate of drug-likeness (QED) is 0.342. The zero-order chi connectivity index (χ0) is 26.4. The molecule has 0 unspecified atom stereocenters. The average Bonchev–Trinajstić information content (AvgIpc) is 3.38. The van der Waals surface area contributed by atoms with E-state index in [0.29, 0.717) is 5.69 Å². The highest BCUT2D eigenvalue weighted by Gasteiger charge is 2.66. The fourth-order valence-corrected chi connectivity index (χ4v) is 3.81. The second kappa shape index (κ2) is 8.94.